The molecule has 0 spiro atoms. The van der Waals surface area contributed by atoms with Gasteiger partial charge >= 0.3 is 0 Å². The Morgan fingerprint density at radius 1 is 1.43 bits per heavy atom. The van der Waals surface area contributed by atoms with Gasteiger partial charge in [0.15, 0.2) is 0 Å². The molecule has 0 aliphatic carbocycles. The number of carbonyl (C=O) groups excluding carboxylic acids is 1. The van der Waals surface area contributed by atoms with Crippen molar-refractivity contribution in [3.63, 3.8) is 0 Å². The van der Waals surface area contributed by atoms with Crippen molar-refractivity contribution < 1.29 is 4.79 Å². The Bertz CT molecular complexity index is 521. The molecule has 1 heterocycles. The largest absolute Gasteiger partial charge is 0.352 e. The average Bonchev–Trinajstić information content (AvgIpc) is 2.87. The molecule has 1 aliphatic rings. The highest BCUT2D eigenvalue weighted by Gasteiger charge is 2.32. The van der Waals surface area contributed by atoms with E-state index in [0.29, 0.717) is 12.5 Å². The monoisotopic (exact) mass is 339 g/mol. The highest BCUT2D eigenvalue weighted by atomic mass is 35.5. The van der Waals surface area contributed by atoms with Gasteiger partial charge in [-0.25, -0.2) is 0 Å². The second-order valence-electron chi connectivity index (χ2n) is 7.28. The minimum Gasteiger partial charge on any atom is -0.352 e. The summed E-state index contributed by atoms with van der Waals surface area (Å²) < 4.78 is 0. The number of amides is 1. The number of carbonyl (C=O) groups is 1. The number of nitrogens with two attached hydrogens (primary N) is 1. The first-order chi connectivity index (χ1) is 10.4. The van der Waals surface area contributed by atoms with Crippen molar-refractivity contribution in [1.82, 2.24) is 10.2 Å². The third-order valence-electron chi connectivity index (χ3n) is 4.40. The first-order valence-corrected chi connectivity index (χ1v) is 8.21. The molecule has 23 heavy (non-hydrogen) atoms. The maximum Gasteiger partial charge on any atom is 0.251 e. The van der Waals surface area contributed by atoms with Crippen molar-refractivity contribution in [3.8, 4) is 0 Å². The molecule has 5 heteroatoms. The number of benzene rings is 1. The van der Waals surface area contributed by atoms with E-state index in [9.17, 15) is 4.79 Å². The van der Waals surface area contributed by atoms with E-state index in [0.717, 1.165) is 38.2 Å². The average molecular weight is 340 g/mol. The summed E-state index contributed by atoms with van der Waals surface area (Å²) in [5.41, 5.74) is 8.05. The summed E-state index contributed by atoms with van der Waals surface area (Å²) in [6.45, 7) is 10.9. The maximum absolute atomic E-state index is 12.1. The number of hydrogen-bond acceptors (Lipinski definition) is 3. The molecule has 1 atom stereocenters. The van der Waals surface area contributed by atoms with Gasteiger partial charge in [-0.05, 0) is 48.5 Å². The van der Waals surface area contributed by atoms with Crippen LogP contribution < -0.4 is 11.1 Å². The Balaban J connectivity index is 0.00000264. The van der Waals surface area contributed by atoms with Gasteiger partial charge in [-0.2, -0.15) is 0 Å². The summed E-state index contributed by atoms with van der Waals surface area (Å²) >= 11 is 0. The molecule has 1 aromatic rings. The molecule has 1 aromatic carbocycles. The van der Waals surface area contributed by atoms with Crippen molar-refractivity contribution in [3.05, 3.63) is 35.4 Å². The lowest BCUT2D eigenvalue weighted by atomic mass is 9.90. The first-order valence-electron chi connectivity index (χ1n) is 8.21. The Morgan fingerprint density at radius 3 is 2.78 bits per heavy atom. The third kappa shape index (κ3) is 5.79. The molecular formula is C18H30ClN3O. The van der Waals surface area contributed by atoms with Crippen LogP contribution in [-0.4, -0.2) is 37.0 Å². The van der Waals surface area contributed by atoms with Gasteiger partial charge in [0, 0.05) is 25.2 Å². The molecule has 2 rings (SSSR count). The molecule has 0 saturated carbocycles. The Hall–Kier alpha value is -1.10. The quantitative estimate of drug-likeness (QED) is 0.837. The minimum atomic E-state index is 0. The van der Waals surface area contributed by atoms with Crippen LogP contribution in [0.25, 0.3) is 0 Å². The van der Waals surface area contributed by atoms with Crippen molar-refractivity contribution in [1.29, 1.82) is 0 Å². The number of rotatable bonds is 6. The number of likely N-dealkylation sites (tertiary alicyclic amines) is 1. The van der Waals surface area contributed by atoms with E-state index >= 15 is 0 Å². The van der Waals surface area contributed by atoms with Crippen LogP contribution in [0.3, 0.4) is 0 Å². The van der Waals surface area contributed by atoms with Crippen LogP contribution in [0.1, 0.15) is 43.1 Å². The molecule has 130 valence electrons. The van der Waals surface area contributed by atoms with Crippen LogP contribution in [0.4, 0.5) is 0 Å². The highest BCUT2D eigenvalue weighted by Crippen LogP contribution is 2.29. The molecule has 4 nitrogen and oxygen atoms in total. The molecule has 0 bridgehead atoms. The van der Waals surface area contributed by atoms with E-state index in [1.54, 1.807) is 0 Å². The van der Waals surface area contributed by atoms with Gasteiger partial charge in [0.05, 0.1) is 0 Å². The predicted octanol–water partition coefficient (Wildman–Crippen LogP) is 2.66. The Labute approximate surface area is 146 Å². The molecular weight excluding hydrogens is 310 g/mol. The first kappa shape index (κ1) is 19.9. The number of hydrogen-bond donors (Lipinski definition) is 2. The number of nitrogens with zero attached hydrogens (tertiary/aromatic N) is 1. The zero-order valence-electron chi connectivity index (χ0n) is 14.5. The molecule has 1 aliphatic heterocycles. The van der Waals surface area contributed by atoms with Crippen LogP contribution >= 0.6 is 12.4 Å². The SMILES string of the molecule is CC(C)CNC(=O)c1cccc(CN2CCC(C)(CN)C2)c1.Cl. The van der Waals surface area contributed by atoms with Gasteiger partial charge in [-0.15, -0.1) is 12.4 Å². The lowest BCUT2D eigenvalue weighted by molar-refractivity contribution is 0.0949. The molecule has 3 N–H and O–H groups in total. The van der Waals surface area contributed by atoms with E-state index in [1.165, 1.54) is 5.56 Å². The van der Waals surface area contributed by atoms with Crippen molar-refractivity contribution in [2.24, 2.45) is 17.1 Å². The van der Waals surface area contributed by atoms with E-state index in [2.05, 4.69) is 37.1 Å². The highest BCUT2D eigenvalue weighted by molar-refractivity contribution is 5.94. The lowest BCUT2D eigenvalue weighted by Gasteiger charge is -2.22. The minimum absolute atomic E-state index is 0. The predicted molar refractivity (Wildman–Crippen MR) is 97.9 cm³/mol. The number of nitrogens with one attached hydrogen (secondary N) is 1. The second-order valence-corrected chi connectivity index (χ2v) is 7.28. The van der Waals surface area contributed by atoms with Gasteiger partial charge in [-0.1, -0.05) is 32.9 Å². The third-order valence-corrected chi connectivity index (χ3v) is 4.40. The maximum atomic E-state index is 12.1. The van der Waals surface area contributed by atoms with E-state index < -0.39 is 0 Å². The van der Waals surface area contributed by atoms with Crippen LogP contribution in [0.2, 0.25) is 0 Å². The fourth-order valence-corrected chi connectivity index (χ4v) is 2.90. The zero-order chi connectivity index (χ0) is 16.2. The van der Waals surface area contributed by atoms with Crippen LogP contribution in [0.5, 0.6) is 0 Å². The van der Waals surface area contributed by atoms with Gasteiger partial charge in [0.25, 0.3) is 5.91 Å². The topological polar surface area (TPSA) is 58.4 Å². The molecule has 1 amide bonds. The Kier molecular flexibility index (Phi) is 7.52. The Morgan fingerprint density at radius 2 is 2.17 bits per heavy atom. The van der Waals surface area contributed by atoms with Crippen LogP contribution in [0, 0.1) is 11.3 Å². The van der Waals surface area contributed by atoms with Crippen LogP contribution in [-0.2, 0) is 6.54 Å². The van der Waals surface area contributed by atoms with Gasteiger partial charge in [0.2, 0.25) is 0 Å². The fraction of sp³-hybridized carbons (Fsp3) is 0.611. The summed E-state index contributed by atoms with van der Waals surface area (Å²) in [4.78, 5) is 14.6. The van der Waals surface area contributed by atoms with Gasteiger partial charge in [-0.3, -0.25) is 9.69 Å². The number of halogens is 1. The molecule has 0 radical (unpaired) electrons. The van der Waals surface area contributed by atoms with Crippen LogP contribution in [0.15, 0.2) is 24.3 Å². The summed E-state index contributed by atoms with van der Waals surface area (Å²) in [5.74, 6) is 0.481. The van der Waals surface area contributed by atoms with Crippen molar-refractivity contribution >= 4 is 18.3 Å². The standard InChI is InChI=1S/C18H29N3O.ClH/c1-14(2)10-20-17(22)16-6-4-5-15(9-16)11-21-8-7-18(3,12-19)13-21;/h4-6,9,14H,7-8,10-13,19H2,1-3H3,(H,20,22);1H. The lowest BCUT2D eigenvalue weighted by Crippen LogP contribution is -2.31. The summed E-state index contributed by atoms with van der Waals surface area (Å²) in [6, 6.07) is 7.95. The smallest absolute Gasteiger partial charge is 0.251 e. The van der Waals surface area contributed by atoms with E-state index in [4.69, 9.17) is 5.73 Å². The molecule has 0 aromatic heterocycles. The van der Waals surface area contributed by atoms with Crippen molar-refractivity contribution in [2.45, 2.75) is 33.7 Å². The summed E-state index contributed by atoms with van der Waals surface area (Å²) in [7, 11) is 0. The van der Waals surface area contributed by atoms with Gasteiger partial charge in [0.1, 0.15) is 0 Å². The van der Waals surface area contributed by atoms with E-state index in [1.807, 2.05) is 18.2 Å². The zero-order valence-corrected chi connectivity index (χ0v) is 15.3. The second kappa shape index (κ2) is 8.67. The fourth-order valence-electron chi connectivity index (χ4n) is 2.90. The molecule has 1 saturated heterocycles. The van der Waals surface area contributed by atoms with E-state index in [-0.39, 0.29) is 23.7 Å². The van der Waals surface area contributed by atoms with Gasteiger partial charge < -0.3 is 11.1 Å². The summed E-state index contributed by atoms with van der Waals surface area (Å²) in [6.07, 6.45) is 1.15. The molecule has 1 fully saturated rings. The normalized spacial score (nSPS) is 21.3. The summed E-state index contributed by atoms with van der Waals surface area (Å²) in [5, 5.41) is 2.97. The van der Waals surface area contributed by atoms with Crippen molar-refractivity contribution in [2.75, 3.05) is 26.2 Å². The molecule has 1 unspecified atom stereocenters.